The lowest BCUT2D eigenvalue weighted by Crippen LogP contribution is -2.47. The fraction of sp³-hybridized carbons (Fsp3) is 0.714. The monoisotopic (exact) mass is 222 g/mol. The lowest BCUT2D eigenvalue weighted by atomic mass is 10.1. The Bertz CT molecular complexity index is 183. The maximum absolute atomic E-state index is 12.5. The molecule has 0 radical (unpaired) electrons. The molecule has 0 aromatic carbocycles. The molecule has 0 rings (SSSR count). The highest BCUT2D eigenvalue weighted by atomic mass is 19.3. The molecule has 0 fully saturated rings. The van der Waals surface area contributed by atoms with Crippen LogP contribution in [0.2, 0.25) is 0 Å². The van der Waals surface area contributed by atoms with E-state index in [9.17, 15) is 26.3 Å². The van der Waals surface area contributed by atoms with Gasteiger partial charge in [0.1, 0.15) is 6.67 Å². The minimum atomic E-state index is -4.75. The molecule has 14 heavy (non-hydrogen) atoms. The van der Waals surface area contributed by atoms with Crippen LogP contribution in [-0.4, -0.2) is 31.3 Å². The molecule has 0 aliphatic carbocycles. The van der Waals surface area contributed by atoms with Gasteiger partial charge >= 0.3 is 12.3 Å². The van der Waals surface area contributed by atoms with Crippen LogP contribution in [0.15, 0.2) is 12.8 Å². The number of alkyl halides is 6. The maximum Gasteiger partial charge on any atom is 0.346 e. The van der Waals surface area contributed by atoms with Gasteiger partial charge in [0.05, 0.1) is 6.26 Å². The van der Waals surface area contributed by atoms with E-state index < -0.39 is 31.3 Å². The number of hydrogen-bond acceptors (Lipinski definition) is 1. The first-order valence-corrected chi connectivity index (χ1v) is 3.50. The Kier molecular flexibility index (Phi) is 4.79. The second-order valence-corrected chi connectivity index (χ2v) is 2.37. The van der Waals surface area contributed by atoms with Gasteiger partial charge in [-0.2, -0.15) is 8.78 Å². The molecule has 0 amide bonds. The van der Waals surface area contributed by atoms with Gasteiger partial charge in [0.25, 0.3) is 0 Å². The van der Waals surface area contributed by atoms with Crippen LogP contribution in [0.1, 0.15) is 0 Å². The molecule has 0 N–H and O–H groups in total. The van der Waals surface area contributed by atoms with E-state index in [4.69, 9.17) is 0 Å². The average molecular weight is 222 g/mol. The third-order valence-electron chi connectivity index (χ3n) is 1.39. The van der Waals surface area contributed by atoms with Crippen LogP contribution in [-0.2, 0) is 4.74 Å². The fourth-order valence-electron chi connectivity index (χ4n) is 0.726. The molecule has 0 aliphatic heterocycles. The van der Waals surface area contributed by atoms with Gasteiger partial charge < -0.3 is 4.74 Å². The predicted molar refractivity (Wildman–Crippen MR) is 36.9 cm³/mol. The first-order valence-electron chi connectivity index (χ1n) is 3.50. The second-order valence-electron chi connectivity index (χ2n) is 2.37. The van der Waals surface area contributed by atoms with Crippen LogP contribution in [0.25, 0.3) is 0 Å². The molecule has 1 nitrogen and oxygen atoms in total. The summed E-state index contributed by atoms with van der Waals surface area (Å²) in [7, 11) is 0. The minimum Gasteiger partial charge on any atom is -0.489 e. The summed E-state index contributed by atoms with van der Waals surface area (Å²) in [6, 6.07) is 0. The van der Waals surface area contributed by atoms with Crippen molar-refractivity contribution in [1.82, 2.24) is 0 Å². The van der Waals surface area contributed by atoms with Crippen LogP contribution in [0.3, 0.4) is 0 Å². The highest BCUT2D eigenvalue weighted by Gasteiger charge is 2.54. The molecular weight excluding hydrogens is 214 g/mol. The SMILES string of the molecule is C=COC(C(F)CF)C(F)(F)C(F)F. The molecule has 0 heterocycles. The Hall–Kier alpha value is -0.880. The molecule has 0 aromatic heterocycles. The molecule has 0 aromatic rings. The third-order valence-corrected chi connectivity index (χ3v) is 1.39. The minimum absolute atomic E-state index is 0.364. The van der Waals surface area contributed by atoms with Crippen LogP contribution in [0.4, 0.5) is 26.3 Å². The summed E-state index contributed by atoms with van der Waals surface area (Å²) in [6.07, 6.45) is -9.44. The Labute approximate surface area is 76.3 Å². The smallest absolute Gasteiger partial charge is 0.346 e. The Morgan fingerprint density at radius 2 is 1.79 bits per heavy atom. The van der Waals surface area contributed by atoms with Crippen molar-refractivity contribution < 1.29 is 31.1 Å². The molecule has 2 unspecified atom stereocenters. The second kappa shape index (κ2) is 5.11. The third kappa shape index (κ3) is 2.81. The summed E-state index contributed by atoms with van der Waals surface area (Å²) in [4.78, 5) is 0. The highest BCUT2D eigenvalue weighted by molar-refractivity contribution is 4.87. The number of rotatable bonds is 6. The molecule has 0 saturated heterocycles. The summed E-state index contributed by atoms with van der Waals surface area (Å²) in [6.45, 7) is 0.968. The summed E-state index contributed by atoms with van der Waals surface area (Å²) in [5.74, 6) is -4.75. The number of halogens is 6. The average Bonchev–Trinajstić information content (AvgIpc) is 2.12. The van der Waals surface area contributed by atoms with Crippen LogP contribution < -0.4 is 0 Å². The van der Waals surface area contributed by atoms with Crippen molar-refractivity contribution in [3.63, 3.8) is 0 Å². The Morgan fingerprint density at radius 1 is 1.29 bits per heavy atom. The van der Waals surface area contributed by atoms with Gasteiger partial charge in [0, 0.05) is 0 Å². The van der Waals surface area contributed by atoms with E-state index in [1.165, 1.54) is 0 Å². The number of ether oxygens (including phenoxy) is 1. The van der Waals surface area contributed by atoms with Gasteiger partial charge in [-0.1, -0.05) is 6.58 Å². The van der Waals surface area contributed by atoms with Crippen molar-refractivity contribution in [2.45, 2.75) is 24.6 Å². The first kappa shape index (κ1) is 13.1. The van der Waals surface area contributed by atoms with Crippen LogP contribution in [0.5, 0.6) is 0 Å². The number of hydrogen-bond donors (Lipinski definition) is 0. The molecule has 84 valence electrons. The van der Waals surface area contributed by atoms with E-state index in [-0.39, 0.29) is 0 Å². The van der Waals surface area contributed by atoms with Crippen LogP contribution >= 0.6 is 0 Å². The van der Waals surface area contributed by atoms with Crippen molar-refractivity contribution in [3.05, 3.63) is 12.8 Å². The molecule has 2 atom stereocenters. The van der Waals surface area contributed by atoms with Crippen molar-refractivity contribution in [3.8, 4) is 0 Å². The van der Waals surface area contributed by atoms with Gasteiger partial charge in [-0.25, -0.2) is 17.6 Å². The van der Waals surface area contributed by atoms with Gasteiger partial charge in [0.2, 0.25) is 6.10 Å². The van der Waals surface area contributed by atoms with Crippen molar-refractivity contribution in [2.75, 3.05) is 6.67 Å². The maximum atomic E-state index is 12.5. The van der Waals surface area contributed by atoms with E-state index in [0.29, 0.717) is 6.26 Å². The summed E-state index contributed by atoms with van der Waals surface area (Å²) in [5, 5.41) is 0. The highest BCUT2D eigenvalue weighted by Crippen LogP contribution is 2.32. The molecule has 0 aliphatic rings. The zero-order chi connectivity index (χ0) is 11.4. The predicted octanol–water partition coefficient (Wildman–Crippen LogP) is 2.72. The molecule has 0 saturated carbocycles. The van der Waals surface area contributed by atoms with Crippen molar-refractivity contribution >= 4 is 0 Å². The normalized spacial score (nSPS) is 16.5. The fourth-order valence-corrected chi connectivity index (χ4v) is 0.726. The molecular formula is C7H8F6O. The van der Waals surface area contributed by atoms with Crippen molar-refractivity contribution in [2.24, 2.45) is 0 Å². The molecule has 0 bridgehead atoms. The van der Waals surface area contributed by atoms with E-state index >= 15 is 0 Å². The summed E-state index contributed by atoms with van der Waals surface area (Å²) >= 11 is 0. The van der Waals surface area contributed by atoms with E-state index in [0.717, 1.165) is 0 Å². The largest absolute Gasteiger partial charge is 0.489 e. The lowest BCUT2D eigenvalue weighted by molar-refractivity contribution is -0.210. The topological polar surface area (TPSA) is 9.23 Å². The van der Waals surface area contributed by atoms with E-state index in [1.54, 1.807) is 0 Å². The van der Waals surface area contributed by atoms with Gasteiger partial charge in [-0.15, -0.1) is 0 Å². The first-order chi connectivity index (χ1) is 6.37. The summed E-state index contributed by atoms with van der Waals surface area (Å²) < 4.78 is 76.5. The molecule has 0 spiro atoms. The zero-order valence-electron chi connectivity index (χ0n) is 6.90. The quantitative estimate of drug-likeness (QED) is 0.496. The van der Waals surface area contributed by atoms with Gasteiger partial charge in [-0.05, 0) is 0 Å². The van der Waals surface area contributed by atoms with Gasteiger partial charge in [0.15, 0.2) is 6.17 Å². The van der Waals surface area contributed by atoms with E-state index in [1.807, 2.05) is 0 Å². The van der Waals surface area contributed by atoms with Gasteiger partial charge in [-0.3, -0.25) is 0 Å². The zero-order valence-corrected chi connectivity index (χ0v) is 6.90. The van der Waals surface area contributed by atoms with E-state index in [2.05, 4.69) is 11.3 Å². The Morgan fingerprint density at radius 3 is 2.07 bits per heavy atom. The standard InChI is InChI=1S/C7H8F6O/c1-2-14-5(4(9)3-8)7(12,13)6(10)11/h2,4-6H,1,3H2. The summed E-state index contributed by atoms with van der Waals surface area (Å²) in [5.41, 5.74) is 0. The Balaban J connectivity index is 4.70. The molecule has 7 heteroatoms. The van der Waals surface area contributed by atoms with Crippen molar-refractivity contribution in [1.29, 1.82) is 0 Å². The van der Waals surface area contributed by atoms with Crippen LogP contribution in [0, 0.1) is 0 Å². The lowest BCUT2D eigenvalue weighted by Gasteiger charge is -2.26.